The number of carbonyl (C=O) groups is 1. The number of furan rings is 1. The zero-order valence-electron chi connectivity index (χ0n) is 22.9. The molecule has 0 atom stereocenters. The molecule has 1 aromatic heterocycles. The van der Waals surface area contributed by atoms with Crippen LogP contribution in [0.25, 0.3) is 22.1 Å². The summed E-state index contributed by atoms with van der Waals surface area (Å²) in [7, 11) is 0. The molecule has 0 spiro atoms. The monoisotopic (exact) mass is 552 g/mol. The van der Waals surface area contributed by atoms with Gasteiger partial charge in [0, 0.05) is 61.3 Å². The summed E-state index contributed by atoms with van der Waals surface area (Å²) >= 11 is 6.02. The van der Waals surface area contributed by atoms with Gasteiger partial charge in [-0.05, 0) is 81.6 Å². The van der Waals surface area contributed by atoms with Crippen molar-refractivity contribution in [2.45, 2.75) is 32.1 Å². The van der Waals surface area contributed by atoms with Crippen LogP contribution >= 0.6 is 11.6 Å². The van der Waals surface area contributed by atoms with E-state index in [0.29, 0.717) is 13.2 Å². The molecule has 2 fully saturated rings. The first-order valence-electron chi connectivity index (χ1n) is 14.5. The third-order valence-corrected chi connectivity index (χ3v) is 8.12. The number of halogens is 1. The maximum atomic E-state index is 12.3. The van der Waals surface area contributed by atoms with Crippen LogP contribution < -0.4 is 10.1 Å². The Labute approximate surface area is 237 Å². The molecule has 0 bridgehead atoms. The van der Waals surface area contributed by atoms with Crippen molar-refractivity contribution in [3.8, 4) is 16.9 Å². The first kappa shape index (κ1) is 28.0. The van der Waals surface area contributed by atoms with E-state index in [1.807, 2.05) is 36.4 Å². The van der Waals surface area contributed by atoms with Gasteiger partial charge in [-0.2, -0.15) is 0 Å². The molecule has 2 aromatic carbocycles. The lowest BCUT2D eigenvalue weighted by Gasteiger charge is -2.34. The number of carbonyl (C=O) groups excluding carboxylic acids is 1. The molecule has 2 saturated heterocycles. The zero-order chi connectivity index (χ0) is 26.9. The fourth-order valence-corrected chi connectivity index (χ4v) is 5.67. The highest BCUT2D eigenvalue weighted by atomic mass is 35.5. The van der Waals surface area contributed by atoms with Crippen molar-refractivity contribution < 1.29 is 13.9 Å². The predicted octanol–water partition coefficient (Wildman–Crippen LogP) is 5.13. The molecule has 1 N–H and O–H groups in total. The quantitative estimate of drug-likeness (QED) is 0.297. The van der Waals surface area contributed by atoms with Crippen LogP contribution in [0.1, 0.15) is 32.1 Å². The van der Waals surface area contributed by atoms with E-state index < -0.39 is 0 Å². The second-order valence-electron chi connectivity index (χ2n) is 10.7. The molecule has 8 heteroatoms. The number of piperazine rings is 1. The second kappa shape index (κ2) is 14.2. The summed E-state index contributed by atoms with van der Waals surface area (Å²) in [6.07, 6.45) is 7.73. The number of amides is 1. The van der Waals surface area contributed by atoms with Crippen LogP contribution in [0.3, 0.4) is 0 Å². The fourth-order valence-electron chi connectivity index (χ4n) is 5.55. The molecule has 39 heavy (non-hydrogen) atoms. The predicted molar refractivity (Wildman–Crippen MR) is 158 cm³/mol. The van der Waals surface area contributed by atoms with Crippen molar-refractivity contribution in [2.75, 3.05) is 72.1 Å². The standard InChI is InChI=1S/C31H41ClN4O3/c32-26-8-6-25(7-9-26)29-24-39-30-22-27(10-11-28(29)30)38-21-5-1-2-13-35-17-19-36(20-18-35)23-31(37)33-12-16-34-14-3-4-15-34/h6-11,22,24H,1-5,12-21,23H2,(H,33,37). The molecule has 1 amide bonds. The first-order chi connectivity index (χ1) is 19.1. The van der Waals surface area contributed by atoms with Gasteiger partial charge in [0.15, 0.2) is 0 Å². The van der Waals surface area contributed by atoms with Gasteiger partial charge >= 0.3 is 0 Å². The van der Waals surface area contributed by atoms with Gasteiger partial charge in [-0.3, -0.25) is 9.69 Å². The fraction of sp³-hybridized carbons (Fsp3) is 0.516. The summed E-state index contributed by atoms with van der Waals surface area (Å²) in [5.41, 5.74) is 2.98. The first-order valence-corrected chi connectivity index (χ1v) is 14.9. The van der Waals surface area contributed by atoms with Crippen LogP contribution in [0, 0.1) is 0 Å². The van der Waals surface area contributed by atoms with Crippen molar-refractivity contribution in [3.63, 3.8) is 0 Å². The Morgan fingerprint density at radius 2 is 1.62 bits per heavy atom. The summed E-state index contributed by atoms with van der Waals surface area (Å²) in [6.45, 7) is 10.5. The van der Waals surface area contributed by atoms with Crippen molar-refractivity contribution in [1.29, 1.82) is 0 Å². The smallest absolute Gasteiger partial charge is 0.234 e. The lowest BCUT2D eigenvalue weighted by Crippen LogP contribution is -2.50. The molecule has 2 aliphatic heterocycles. The van der Waals surface area contributed by atoms with E-state index in [9.17, 15) is 4.79 Å². The van der Waals surface area contributed by atoms with E-state index in [2.05, 4.69) is 26.1 Å². The molecule has 2 aliphatic rings. The summed E-state index contributed by atoms with van der Waals surface area (Å²) in [5.74, 6) is 1.01. The van der Waals surface area contributed by atoms with Gasteiger partial charge in [-0.1, -0.05) is 23.7 Å². The van der Waals surface area contributed by atoms with Crippen molar-refractivity contribution in [2.24, 2.45) is 0 Å². The highest BCUT2D eigenvalue weighted by molar-refractivity contribution is 6.30. The molecular formula is C31H41ClN4O3. The van der Waals surface area contributed by atoms with Gasteiger partial charge in [-0.15, -0.1) is 0 Å². The average Bonchev–Trinajstić information content (AvgIpc) is 3.62. The maximum absolute atomic E-state index is 12.3. The van der Waals surface area contributed by atoms with E-state index in [4.69, 9.17) is 20.8 Å². The normalized spacial score (nSPS) is 17.2. The van der Waals surface area contributed by atoms with Crippen LogP contribution in [0.2, 0.25) is 5.02 Å². The Morgan fingerprint density at radius 1 is 0.872 bits per heavy atom. The van der Waals surface area contributed by atoms with Crippen LogP contribution in [0.15, 0.2) is 53.1 Å². The molecule has 0 unspecified atom stereocenters. The summed E-state index contributed by atoms with van der Waals surface area (Å²) < 4.78 is 11.8. The van der Waals surface area contributed by atoms with E-state index >= 15 is 0 Å². The Morgan fingerprint density at radius 3 is 2.41 bits per heavy atom. The third kappa shape index (κ3) is 8.21. The summed E-state index contributed by atoms with van der Waals surface area (Å²) in [6, 6.07) is 13.9. The largest absolute Gasteiger partial charge is 0.493 e. The van der Waals surface area contributed by atoms with Gasteiger partial charge in [0.1, 0.15) is 11.3 Å². The molecule has 7 nitrogen and oxygen atoms in total. The highest BCUT2D eigenvalue weighted by Gasteiger charge is 2.19. The average molecular weight is 553 g/mol. The number of rotatable bonds is 13. The van der Waals surface area contributed by atoms with E-state index in [1.165, 1.54) is 32.4 Å². The number of hydrogen-bond acceptors (Lipinski definition) is 6. The Balaban J connectivity index is 0.927. The van der Waals surface area contributed by atoms with E-state index in [1.54, 1.807) is 6.26 Å². The number of hydrogen-bond donors (Lipinski definition) is 1. The van der Waals surface area contributed by atoms with Crippen molar-refractivity contribution in [3.05, 3.63) is 53.8 Å². The van der Waals surface area contributed by atoms with Crippen LogP contribution in [0.4, 0.5) is 0 Å². The number of likely N-dealkylation sites (tertiary alicyclic amines) is 1. The van der Waals surface area contributed by atoms with Gasteiger partial charge in [0.2, 0.25) is 5.91 Å². The summed E-state index contributed by atoms with van der Waals surface area (Å²) in [5, 5.41) is 4.89. The van der Waals surface area contributed by atoms with Gasteiger partial charge in [-0.25, -0.2) is 0 Å². The number of nitrogens with one attached hydrogen (secondary N) is 1. The molecule has 3 aromatic rings. The van der Waals surface area contributed by atoms with Gasteiger partial charge in [0.25, 0.3) is 0 Å². The Kier molecular flexibility index (Phi) is 10.2. The minimum absolute atomic E-state index is 0.163. The van der Waals surface area contributed by atoms with Crippen LogP contribution in [-0.4, -0.2) is 92.7 Å². The van der Waals surface area contributed by atoms with Crippen molar-refractivity contribution in [1.82, 2.24) is 20.0 Å². The molecule has 3 heterocycles. The Hall–Kier alpha value is -2.58. The maximum Gasteiger partial charge on any atom is 0.234 e. The molecule has 0 radical (unpaired) electrons. The van der Waals surface area contributed by atoms with Crippen LogP contribution in [-0.2, 0) is 4.79 Å². The zero-order valence-corrected chi connectivity index (χ0v) is 23.6. The van der Waals surface area contributed by atoms with Gasteiger partial charge in [0.05, 0.1) is 19.4 Å². The lowest BCUT2D eigenvalue weighted by atomic mass is 10.0. The minimum Gasteiger partial charge on any atom is -0.493 e. The number of fused-ring (bicyclic) bond motifs is 1. The Bertz CT molecular complexity index is 1180. The number of benzene rings is 2. The topological polar surface area (TPSA) is 61.2 Å². The summed E-state index contributed by atoms with van der Waals surface area (Å²) in [4.78, 5) is 19.5. The van der Waals surface area contributed by atoms with Crippen molar-refractivity contribution >= 4 is 28.5 Å². The van der Waals surface area contributed by atoms with Gasteiger partial charge < -0.3 is 24.3 Å². The molecule has 0 aliphatic carbocycles. The lowest BCUT2D eigenvalue weighted by molar-refractivity contribution is -0.122. The molecular weight excluding hydrogens is 512 g/mol. The molecule has 210 valence electrons. The third-order valence-electron chi connectivity index (χ3n) is 7.87. The van der Waals surface area contributed by atoms with E-state index in [-0.39, 0.29) is 5.91 Å². The number of ether oxygens (including phenoxy) is 1. The molecule has 5 rings (SSSR count). The number of nitrogens with zero attached hydrogens (tertiary/aromatic N) is 3. The number of unbranched alkanes of at least 4 members (excludes halogenated alkanes) is 2. The SMILES string of the molecule is O=C(CN1CCN(CCCCCOc2ccc3c(-c4ccc(Cl)cc4)coc3c2)CC1)NCCN1CCCC1. The minimum atomic E-state index is 0.163. The van der Waals surface area contributed by atoms with Crippen LogP contribution in [0.5, 0.6) is 5.75 Å². The second-order valence-corrected chi connectivity index (χ2v) is 11.2. The van der Waals surface area contributed by atoms with E-state index in [0.717, 1.165) is 91.5 Å². The highest BCUT2D eigenvalue weighted by Crippen LogP contribution is 2.33. The molecule has 0 saturated carbocycles.